The van der Waals surface area contributed by atoms with E-state index in [0.717, 1.165) is 25.0 Å². The summed E-state index contributed by atoms with van der Waals surface area (Å²) in [5.41, 5.74) is 1.15. The Labute approximate surface area is 164 Å². The van der Waals surface area contributed by atoms with Gasteiger partial charge in [-0.1, -0.05) is 88.4 Å². The van der Waals surface area contributed by atoms with E-state index in [-0.39, 0.29) is 5.78 Å². The average Bonchev–Trinajstić information content (AvgIpc) is 2.68. The van der Waals surface area contributed by atoms with E-state index >= 15 is 0 Å². The first-order valence-electron chi connectivity index (χ1n) is 9.81. The number of Topliss-reactive ketones (excluding diaryl/α,β-unsaturated/α-hetero) is 1. The summed E-state index contributed by atoms with van der Waals surface area (Å²) in [6.07, 6.45) is 1.31. The predicted octanol–water partition coefficient (Wildman–Crippen LogP) is 5.70. The quantitative estimate of drug-likeness (QED) is 0.455. The number of ketones is 1. The minimum absolute atomic E-state index is 0.271. The second-order valence-corrected chi connectivity index (χ2v) is 7.52. The van der Waals surface area contributed by atoms with Crippen LogP contribution in [0, 0.1) is 11.8 Å². The predicted molar refractivity (Wildman–Crippen MR) is 112 cm³/mol. The Bertz CT molecular complexity index is 611. The summed E-state index contributed by atoms with van der Waals surface area (Å²) >= 11 is 0. The standard InChI is InChI=1S/C14H12O2.C10H22O/c15-13(11-7-3-1-4-8-11)14(16)12-9-5-2-6-10-12;1-9(2)5-7-11-8-6-10(3)4/h1-10,13,15H;9-10H,5-8H2,1-4H3. The van der Waals surface area contributed by atoms with Crippen LogP contribution < -0.4 is 0 Å². The van der Waals surface area contributed by atoms with Crippen molar-refractivity contribution in [3.8, 4) is 0 Å². The summed E-state index contributed by atoms with van der Waals surface area (Å²) in [6.45, 7) is 10.8. The third-order valence-electron chi connectivity index (χ3n) is 4.10. The second kappa shape index (κ2) is 13.2. The van der Waals surface area contributed by atoms with Crippen LogP contribution in [0.2, 0.25) is 0 Å². The maximum Gasteiger partial charge on any atom is 0.195 e. The molecule has 0 fully saturated rings. The first-order valence-corrected chi connectivity index (χ1v) is 9.81. The van der Waals surface area contributed by atoms with Gasteiger partial charge in [0.05, 0.1) is 0 Å². The SMILES string of the molecule is CC(C)CCOCCC(C)C.O=C(c1ccccc1)C(O)c1ccccc1. The summed E-state index contributed by atoms with van der Waals surface area (Å²) in [4.78, 5) is 11.9. The summed E-state index contributed by atoms with van der Waals surface area (Å²) in [5.74, 6) is 1.27. The molecule has 2 rings (SSSR count). The van der Waals surface area contributed by atoms with Crippen molar-refractivity contribution in [2.24, 2.45) is 11.8 Å². The van der Waals surface area contributed by atoms with E-state index in [1.165, 1.54) is 12.8 Å². The van der Waals surface area contributed by atoms with E-state index in [0.29, 0.717) is 11.1 Å². The number of rotatable bonds is 9. The minimum atomic E-state index is -1.08. The Kier molecular flexibility index (Phi) is 11.3. The molecule has 0 aliphatic heterocycles. The summed E-state index contributed by atoms with van der Waals surface area (Å²) < 4.78 is 5.46. The number of hydrogen-bond donors (Lipinski definition) is 1. The largest absolute Gasteiger partial charge is 0.381 e. The molecule has 0 aliphatic carbocycles. The van der Waals surface area contributed by atoms with Crippen LogP contribution in [0.15, 0.2) is 60.7 Å². The smallest absolute Gasteiger partial charge is 0.195 e. The lowest BCUT2D eigenvalue weighted by molar-refractivity contribution is 0.0747. The van der Waals surface area contributed by atoms with Gasteiger partial charge in [-0.3, -0.25) is 4.79 Å². The fourth-order valence-corrected chi connectivity index (χ4v) is 2.29. The molecule has 2 aromatic carbocycles. The fraction of sp³-hybridized carbons (Fsp3) is 0.458. The Morgan fingerprint density at radius 3 is 1.70 bits per heavy atom. The number of benzene rings is 2. The van der Waals surface area contributed by atoms with Gasteiger partial charge in [0.2, 0.25) is 0 Å². The maximum atomic E-state index is 11.9. The lowest BCUT2D eigenvalue weighted by Crippen LogP contribution is -2.11. The highest BCUT2D eigenvalue weighted by Crippen LogP contribution is 2.17. The molecule has 27 heavy (non-hydrogen) atoms. The van der Waals surface area contributed by atoms with Crippen molar-refractivity contribution in [1.82, 2.24) is 0 Å². The van der Waals surface area contributed by atoms with Crippen molar-refractivity contribution >= 4 is 5.78 Å². The molecule has 2 aromatic rings. The van der Waals surface area contributed by atoms with Gasteiger partial charge in [0.15, 0.2) is 5.78 Å². The van der Waals surface area contributed by atoms with E-state index in [1.54, 1.807) is 48.5 Å². The normalized spacial score (nSPS) is 11.8. The van der Waals surface area contributed by atoms with Gasteiger partial charge in [-0.2, -0.15) is 0 Å². The van der Waals surface area contributed by atoms with Gasteiger partial charge in [-0.25, -0.2) is 0 Å². The number of carbonyl (C=O) groups is 1. The zero-order chi connectivity index (χ0) is 20.1. The van der Waals surface area contributed by atoms with Gasteiger partial charge in [-0.15, -0.1) is 0 Å². The van der Waals surface area contributed by atoms with Crippen LogP contribution >= 0.6 is 0 Å². The van der Waals surface area contributed by atoms with Crippen molar-refractivity contribution in [3.05, 3.63) is 71.8 Å². The average molecular weight is 371 g/mol. The molecule has 0 heterocycles. The van der Waals surface area contributed by atoms with Crippen molar-refractivity contribution in [3.63, 3.8) is 0 Å². The second-order valence-electron chi connectivity index (χ2n) is 7.52. The Morgan fingerprint density at radius 1 is 0.815 bits per heavy atom. The van der Waals surface area contributed by atoms with Crippen molar-refractivity contribution in [1.29, 1.82) is 0 Å². The molecule has 0 aliphatic rings. The molecule has 0 saturated heterocycles. The molecule has 0 radical (unpaired) electrons. The van der Waals surface area contributed by atoms with Crippen molar-refractivity contribution in [2.45, 2.75) is 46.6 Å². The molecule has 3 heteroatoms. The molecular weight excluding hydrogens is 336 g/mol. The molecule has 1 atom stereocenters. The number of aliphatic hydroxyl groups excluding tert-OH is 1. The van der Waals surface area contributed by atoms with E-state index < -0.39 is 6.10 Å². The van der Waals surface area contributed by atoms with Crippen molar-refractivity contribution in [2.75, 3.05) is 13.2 Å². The van der Waals surface area contributed by atoms with Gasteiger partial charge in [0.1, 0.15) is 6.10 Å². The van der Waals surface area contributed by atoms with Crippen LogP contribution in [-0.4, -0.2) is 24.1 Å². The van der Waals surface area contributed by atoms with Gasteiger partial charge >= 0.3 is 0 Å². The molecule has 0 aromatic heterocycles. The molecule has 0 spiro atoms. The Balaban J connectivity index is 0.000000293. The minimum Gasteiger partial charge on any atom is -0.381 e. The monoisotopic (exact) mass is 370 g/mol. The highest BCUT2D eigenvalue weighted by Gasteiger charge is 2.18. The zero-order valence-corrected chi connectivity index (χ0v) is 17.1. The van der Waals surface area contributed by atoms with Gasteiger partial charge in [-0.05, 0) is 30.2 Å². The maximum absolute atomic E-state index is 11.9. The molecule has 1 unspecified atom stereocenters. The summed E-state index contributed by atoms with van der Waals surface area (Å²) in [6, 6.07) is 17.7. The molecule has 3 nitrogen and oxygen atoms in total. The first-order chi connectivity index (χ1) is 12.9. The number of hydrogen-bond acceptors (Lipinski definition) is 3. The lowest BCUT2D eigenvalue weighted by atomic mass is 10.0. The van der Waals surface area contributed by atoms with Crippen LogP contribution in [0.25, 0.3) is 0 Å². The third kappa shape index (κ3) is 10.1. The van der Waals surface area contributed by atoms with Crippen molar-refractivity contribution < 1.29 is 14.6 Å². The Hall–Kier alpha value is -1.97. The molecular formula is C24H34O3. The molecule has 0 saturated carbocycles. The number of aliphatic hydroxyl groups is 1. The van der Waals surface area contributed by atoms with Crippen LogP contribution in [0.3, 0.4) is 0 Å². The van der Waals surface area contributed by atoms with Crippen LogP contribution in [0.5, 0.6) is 0 Å². The lowest BCUT2D eigenvalue weighted by Gasteiger charge is -2.09. The fourth-order valence-electron chi connectivity index (χ4n) is 2.29. The van der Waals surface area contributed by atoms with Crippen LogP contribution in [0.4, 0.5) is 0 Å². The van der Waals surface area contributed by atoms with E-state index in [9.17, 15) is 9.90 Å². The highest BCUT2D eigenvalue weighted by molar-refractivity contribution is 5.99. The van der Waals surface area contributed by atoms with Crippen LogP contribution in [0.1, 0.15) is 62.6 Å². The van der Waals surface area contributed by atoms with E-state index in [4.69, 9.17) is 4.74 Å². The van der Waals surface area contributed by atoms with Gasteiger partial charge in [0, 0.05) is 18.8 Å². The number of carbonyl (C=O) groups excluding carboxylic acids is 1. The van der Waals surface area contributed by atoms with Gasteiger partial charge < -0.3 is 9.84 Å². The Morgan fingerprint density at radius 2 is 1.26 bits per heavy atom. The topological polar surface area (TPSA) is 46.5 Å². The van der Waals surface area contributed by atoms with E-state index in [1.807, 2.05) is 12.1 Å². The molecule has 0 amide bonds. The molecule has 0 bridgehead atoms. The molecule has 1 N–H and O–H groups in total. The van der Waals surface area contributed by atoms with Crippen LogP contribution in [-0.2, 0) is 4.74 Å². The van der Waals surface area contributed by atoms with E-state index in [2.05, 4.69) is 27.7 Å². The number of ether oxygens (including phenoxy) is 1. The highest BCUT2D eigenvalue weighted by atomic mass is 16.5. The first kappa shape index (κ1) is 23.1. The zero-order valence-electron chi connectivity index (χ0n) is 17.1. The summed E-state index contributed by atoms with van der Waals surface area (Å²) in [7, 11) is 0. The van der Waals surface area contributed by atoms with Gasteiger partial charge in [0.25, 0.3) is 0 Å². The third-order valence-corrected chi connectivity index (χ3v) is 4.10. The molecule has 148 valence electrons. The summed E-state index contributed by atoms with van der Waals surface area (Å²) in [5, 5.41) is 9.89.